The maximum Gasteiger partial charge on any atom is 0.130 e. The van der Waals surface area contributed by atoms with Crippen molar-refractivity contribution >= 4 is 50.5 Å². The van der Waals surface area contributed by atoms with Crippen molar-refractivity contribution in [3.05, 3.63) is 58.1 Å². The van der Waals surface area contributed by atoms with Crippen LogP contribution >= 0.6 is 34.5 Å². The van der Waals surface area contributed by atoms with Crippen molar-refractivity contribution in [3.63, 3.8) is 0 Å². The Balaban J connectivity index is 2.05. The van der Waals surface area contributed by atoms with Crippen molar-refractivity contribution in [1.29, 1.82) is 0 Å². The van der Waals surface area contributed by atoms with E-state index in [1.54, 1.807) is 11.3 Å². The average molecular weight is 347 g/mol. The topological polar surface area (TPSA) is 24.4 Å². The Morgan fingerprint density at radius 2 is 1.95 bits per heavy atom. The lowest BCUT2D eigenvalue weighted by Gasteiger charge is -2.07. The molecule has 0 atom stereocenters. The molecule has 0 radical (unpaired) electrons. The van der Waals surface area contributed by atoms with E-state index in [0.29, 0.717) is 0 Å². The van der Waals surface area contributed by atoms with Crippen molar-refractivity contribution in [2.45, 2.75) is 0 Å². The molecule has 5 heteroatoms. The van der Waals surface area contributed by atoms with E-state index in [0.717, 1.165) is 50.4 Å². The van der Waals surface area contributed by atoms with Crippen molar-refractivity contribution in [1.82, 2.24) is 5.32 Å². The zero-order chi connectivity index (χ0) is 15.1. The molecule has 2 aromatic carbocycles. The van der Waals surface area contributed by atoms with Crippen LogP contribution in [-0.2, 0) is 0 Å². The van der Waals surface area contributed by atoms with Crippen molar-refractivity contribution < 1.29 is 0 Å². The van der Waals surface area contributed by atoms with Gasteiger partial charge in [0.25, 0.3) is 0 Å². The third kappa shape index (κ3) is 2.30. The van der Waals surface area contributed by atoms with Crippen LogP contribution in [0.2, 0.25) is 10.0 Å². The first-order valence-electron chi connectivity index (χ1n) is 6.99. The molecule has 0 aliphatic carbocycles. The molecule has 4 rings (SSSR count). The van der Waals surface area contributed by atoms with Gasteiger partial charge in [0.15, 0.2) is 0 Å². The maximum atomic E-state index is 6.42. The summed E-state index contributed by atoms with van der Waals surface area (Å²) in [5.74, 6) is 0.934. The zero-order valence-corrected chi connectivity index (χ0v) is 13.9. The standard InChI is InChI=1S/C17H12Cl2N2S/c18-10-5-6-14-12(9-10)15(17-20-7-8-21-17)16(22-14)11-3-1-2-4-13(11)19/h1-6,9H,7-8H2,(H,20,21). The normalized spacial score (nSPS) is 14.2. The summed E-state index contributed by atoms with van der Waals surface area (Å²) in [7, 11) is 0. The van der Waals surface area contributed by atoms with Gasteiger partial charge in [0, 0.05) is 42.7 Å². The van der Waals surface area contributed by atoms with Crippen LogP contribution < -0.4 is 5.32 Å². The minimum Gasteiger partial charge on any atom is -0.368 e. The number of hydrogen-bond donors (Lipinski definition) is 1. The number of hydrogen-bond acceptors (Lipinski definition) is 3. The maximum absolute atomic E-state index is 6.42. The Morgan fingerprint density at radius 1 is 1.09 bits per heavy atom. The smallest absolute Gasteiger partial charge is 0.130 e. The summed E-state index contributed by atoms with van der Waals surface area (Å²) in [6, 6.07) is 13.9. The van der Waals surface area contributed by atoms with Gasteiger partial charge in [0.1, 0.15) is 5.84 Å². The van der Waals surface area contributed by atoms with Crippen LogP contribution in [-0.4, -0.2) is 18.9 Å². The van der Waals surface area contributed by atoms with E-state index in [1.165, 1.54) is 4.70 Å². The summed E-state index contributed by atoms with van der Waals surface area (Å²) in [5, 5.41) is 5.98. The summed E-state index contributed by atoms with van der Waals surface area (Å²) >= 11 is 14.3. The molecular formula is C17H12Cl2N2S. The molecular weight excluding hydrogens is 335 g/mol. The van der Waals surface area contributed by atoms with Crippen LogP contribution in [0.3, 0.4) is 0 Å². The lowest BCUT2D eigenvalue weighted by Crippen LogP contribution is -2.19. The van der Waals surface area contributed by atoms with Crippen molar-refractivity contribution in [3.8, 4) is 10.4 Å². The molecule has 1 aliphatic heterocycles. The van der Waals surface area contributed by atoms with E-state index in [-0.39, 0.29) is 0 Å². The molecule has 0 saturated carbocycles. The van der Waals surface area contributed by atoms with Crippen molar-refractivity contribution in [2.75, 3.05) is 13.1 Å². The summed E-state index contributed by atoms with van der Waals surface area (Å²) in [5.41, 5.74) is 2.14. The van der Waals surface area contributed by atoms with Gasteiger partial charge in [-0.25, -0.2) is 0 Å². The molecule has 0 fully saturated rings. The first-order valence-corrected chi connectivity index (χ1v) is 8.57. The molecule has 0 bridgehead atoms. The first-order chi connectivity index (χ1) is 10.7. The fraction of sp³-hybridized carbons (Fsp3) is 0.118. The second kappa shape index (κ2) is 5.58. The predicted molar refractivity (Wildman–Crippen MR) is 96.7 cm³/mol. The minimum atomic E-state index is 0.732. The quantitative estimate of drug-likeness (QED) is 0.675. The Labute approximate surface area is 142 Å². The summed E-state index contributed by atoms with van der Waals surface area (Å²) in [6.07, 6.45) is 0. The van der Waals surface area contributed by atoms with Gasteiger partial charge in [0.2, 0.25) is 0 Å². The summed E-state index contributed by atoms with van der Waals surface area (Å²) < 4.78 is 1.19. The highest BCUT2D eigenvalue weighted by Crippen LogP contribution is 2.42. The van der Waals surface area contributed by atoms with Crippen molar-refractivity contribution in [2.24, 2.45) is 4.99 Å². The highest BCUT2D eigenvalue weighted by molar-refractivity contribution is 7.22. The number of nitrogens with one attached hydrogen (secondary N) is 1. The molecule has 22 heavy (non-hydrogen) atoms. The largest absolute Gasteiger partial charge is 0.368 e. The number of amidine groups is 1. The molecule has 110 valence electrons. The van der Waals surface area contributed by atoms with E-state index in [9.17, 15) is 0 Å². The zero-order valence-electron chi connectivity index (χ0n) is 11.6. The average Bonchev–Trinajstić information content (AvgIpc) is 3.14. The van der Waals surface area contributed by atoms with E-state index in [4.69, 9.17) is 23.2 Å². The number of nitrogens with zero attached hydrogens (tertiary/aromatic N) is 1. The number of halogens is 2. The van der Waals surface area contributed by atoms with Crippen LogP contribution in [0.4, 0.5) is 0 Å². The Bertz CT molecular complexity index is 899. The van der Waals surface area contributed by atoms with Gasteiger partial charge in [0.05, 0.1) is 6.54 Å². The van der Waals surface area contributed by atoms with E-state index >= 15 is 0 Å². The fourth-order valence-corrected chi connectivity index (χ4v) is 4.39. The molecule has 0 saturated heterocycles. The van der Waals surface area contributed by atoms with Gasteiger partial charge in [-0.3, -0.25) is 4.99 Å². The van der Waals surface area contributed by atoms with Crippen LogP contribution in [0.1, 0.15) is 5.56 Å². The van der Waals surface area contributed by atoms with Gasteiger partial charge in [-0.1, -0.05) is 41.4 Å². The van der Waals surface area contributed by atoms with E-state index < -0.39 is 0 Å². The van der Waals surface area contributed by atoms with Gasteiger partial charge < -0.3 is 5.32 Å². The molecule has 1 aromatic heterocycles. The van der Waals surface area contributed by atoms with Gasteiger partial charge in [-0.15, -0.1) is 11.3 Å². The SMILES string of the molecule is Clc1ccc2sc(-c3ccccc3Cl)c(C3=NCCN3)c2c1. The molecule has 0 spiro atoms. The Kier molecular flexibility index (Phi) is 3.57. The van der Waals surface area contributed by atoms with Gasteiger partial charge >= 0.3 is 0 Å². The van der Waals surface area contributed by atoms with E-state index in [1.807, 2.05) is 36.4 Å². The number of fused-ring (bicyclic) bond motifs is 1. The first kappa shape index (κ1) is 14.1. The molecule has 2 heterocycles. The molecule has 1 aliphatic rings. The molecule has 1 N–H and O–H groups in total. The number of benzene rings is 2. The van der Waals surface area contributed by atoms with Crippen LogP contribution in [0.25, 0.3) is 20.5 Å². The lowest BCUT2D eigenvalue weighted by molar-refractivity contribution is 0.960. The monoisotopic (exact) mass is 346 g/mol. The van der Waals surface area contributed by atoms with E-state index in [2.05, 4.69) is 16.4 Å². The Hall–Kier alpha value is -1.55. The molecule has 2 nitrogen and oxygen atoms in total. The second-order valence-corrected chi connectivity index (χ2v) is 6.98. The summed E-state index contributed by atoms with van der Waals surface area (Å²) in [6.45, 7) is 1.67. The minimum absolute atomic E-state index is 0.732. The molecule has 0 unspecified atom stereocenters. The number of rotatable bonds is 2. The van der Waals surface area contributed by atoms with Crippen LogP contribution in [0, 0.1) is 0 Å². The second-order valence-electron chi connectivity index (χ2n) is 5.08. The third-order valence-electron chi connectivity index (χ3n) is 3.68. The number of aliphatic imine (C=N–C) groups is 1. The highest BCUT2D eigenvalue weighted by Gasteiger charge is 2.21. The summed E-state index contributed by atoms with van der Waals surface area (Å²) in [4.78, 5) is 5.74. The lowest BCUT2D eigenvalue weighted by atomic mass is 10.0. The predicted octanol–water partition coefficient (Wildman–Crippen LogP) is 5.22. The van der Waals surface area contributed by atoms with Crippen LogP contribution in [0.5, 0.6) is 0 Å². The van der Waals surface area contributed by atoms with Gasteiger partial charge in [-0.05, 0) is 24.3 Å². The van der Waals surface area contributed by atoms with Gasteiger partial charge in [-0.2, -0.15) is 0 Å². The molecule has 0 amide bonds. The van der Waals surface area contributed by atoms with Crippen LogP contribution in [0.15, 0.2) is 47.5 Å². The molecule has 3 aromatic rings. The third-order valence-corrected chi connectivity index (χ3v) is 5.45. The number of thiophene rings is 1. The highest BCUT2D eigenvalue weighted by atomic mass is 35.5. The Morgan fingerprint density at radius 3 is 2.73 bits per heavy atom. The fourth-order valence-electron chi connectivity index (χ4n) is 2.71.